The Kier molecular flexibility index (Phi) is 4.98. The van der Waals surface area contributed by atoms with E-state index in [0.29, 0.717) is 0 Å². The zero-order chi connectivity index (χ0) is 18.6. The Labute approximate surface area is 161 Å². The molecule has 0 atom stereocenters. The second-order valence-electron chi connectivity index (χ2n) is 5.99. The fourth-order valence-corrected chi connectivity index (χ4v) is 3.76. The first kappa shape index (κ1) is 17.4. The van der Waals surface area contributed by atoms with Crippen molar-refractivity contribution in [1.82, 2.24) is 15.0 Å². The molecule has 4 rings (SSSR count). The Morgan fingerprint density at radius 2 is 1.56 bits per heavy atom. The van der Waals surface area contributed by atoms with Crippen molar-refractivity contribution < 1.29 is 9.47 Å². The minimum Gasteiger partial charge on any atom is -0.497 e. The Hall–Kier alpha value is -2.99. The highest BCUT2D eigenvalue weighted by molar-refractivity contribution is 7.98. The van der Waals surface area contributed by atoms with Crippen molar-refractivity contribution in [2.75, 3.05) is 14.2 Å². The maximum Gasteiger partial charge on any atom is 0.142 e. The predicted octanol–water partition coefficient (Wildman–Crippen LogP) is 4.93. The summed E-state index contributed by atoms with van der Waals surface area (Å²) in [5.74, 6) is 2.53. The molecule has 27 heavy (non-hydrogen) atoms. The highest BCUT2D eigenvalue weighted by Crippen LogP contribution is 2.31. The van der Waals surface area contributed by atoms with Crippen LogP contribution in [-0.4, -0.2) is 29.2 Å². The molecule has 5 nitrogen and oxygen atoms in total. The molecular formula is C21H19N3O2S. The fraction of sp³-hybridized carbons (Fsp3) is 0.143. The summed E-state index contributed by atoms with van der Waals surface area (Å²) in [6, 6.07) is 18.2. The molecule has 0 amide bonds. The number of rotatable bonds is 6. The average molecular weight is 377 g/mol. The normalized spacial score (nSPS) is 10.9. The third kappa shape index (κ3) is 3.75. The van der Waals surface area contributed by atoms with E-state index in [1.54, 1.807) is 32.3 Å². The molecule has 0 aliphatic rings. The van der Waals surface area contributed by atoms with Gasteiger partial charge in [-0.25, -0.2) is 9.97 Å². The number of H-pyrrole nitrogens is 1. The number of methoxy groups -OCH3 is 2. The maximum absolute atomic E-state index is 5.23. The summed E-state index contributed by atoms with van der Waals surface area (Å²) in [5.41, 5.74) is 4.16. The van der Waals surface area contributed by atoms with Gasteiger partial charge in [0.15, 0.2) is 0 Å². The maximum atomic E-state index is 5.23. The molecule has 0 spiro atoms. The minimum absolute atomic E-state index is 0.832. The van der Waals surface area contributed by atoms with Crippen molar-refractivity contribution in [3.63, 3.8) is 0 Å². The van der Waals surface area contributed by atoms with Gasteiger partial charge in [-0.3, -0.25) is 0 Å². The summed E-state index contributed by atoms with van der Waals surface area (Å²) in [4.78, 5) is 12.2. The smallest absolute Gasteiger partial charge is 0.142 e. The third-order valence-electron chi connectivity index (χ3n) is 4.32. The van der Waals surface area contributed by atoms with E-state index in [-0.39, 0.29) is 0 Å². The first-order chi connectivity index (χ1) is 13.3. The average Bonchev–Trinajstić information content (AvgIpc) is 3.17. The molecule has 0 bridgehead atoms. The molecule has 0 unspecified atom stereocenters. The number of fused-ring (bicyclic) bond motifs is 1. The Balaban J connectivity index is 1.58. The SMILES string of the molecule is COc1ccc(CSc2ncnc3[nH]c(-c4ccc(OC)cc4)cc23)cc1. The van der Waals surface area contributed by atoms with E-state index in [9.17, 15) is 0 Å². The third-order valence-corrected chi connectivity index (χ3v) is 5.40. The van der Waals surface area contributed by atoms with Crippen LogP contribution in [0.4, 0.5) is 0 Å². The zero-order valence-electron chi connectivity index (χ0n) is 15.1. The number of hydrogen-bond acceptors (Lipinski definition) is 5. The lowest BCUT2D eigenvalue weighted by Gasteiger charge is -2.04. The topological polar surface area (TPSA) is 60.0 Å². The molecule has 4 aromatic rings. The van der Waals surface area contributed by atoms with E-state index in [4.69, 9.17) is 9.47 Å². The molecule has 0 radical (unpaired) electrons. The summed E-state index contributed by atoms with van der Waals surface area (Å²) in [7, 11) is 3.34. The molecule has 0 fully saturated rings. The summed E-state index contributed by atoms with van der Waals surface area (Å²) in [6.45, 7) is 0. The Bertz CT molecular complexity index is 1040. The molecule has 6 heteroatoms. The number of nitrogens with zero attached hydrogens (tertiary/aromatic N) is 2. The Morgan fingerprint density at radius 3 is 2.22 bits per heavy atom. The van der Waals surface area contributed by atoms with Crippen molar-refractivity contribution in [2.45, 2.75) is 10.8 Å². The summed E-state index contributed by atoms with van der Waals surface area (Å²) in [5, 5.41) is 1.99. The van der Waals surface area contributed by atoms with Gasteiger partial charge < -0.3 is 14.5 Å². The van der Waals surface area contributed by atoms with Gasteiger partial charge in [0.2, 0.25) is 0 Å². The van der Waals surface area contributed by atoms with Crippen molar-refractivity contribution in [1.29, 1.82) is 0 Å². The molecule has 2 aromatic heterocycles. The molecule has 0 saturated heterocycles. The van der Waals surface area contributed by atoms with Crippen LogP contribution in [0.2, 0.25) is 0 Å². The number of thioether (sulfide) groups is 1. The highest BCUT2D eigenvalue weighted by Gasteiger charge is 2.10. The highest BCUT2D eigenvalue weighted by atomic mass is 32.2. The lowest BCUT2D eigenvalue weighted by molar-refractivity contribution is 0.414. The molecule has 2 heterocycles. The first-order valence-corrected chi connectivity index (χ1v) is 9.49. The van der Waals surface area contributed by atoms with E-state index in [2.05, 4.69) is 33.2 Å². The van der Waals surface area contributed by atoms with Gasteiger partial charge in [-0.15, -0.1) is 11.8 Å². The number of aromatic amines is 1. The second kappa shape index (κ2) is 7.72. The van der Waals surface area contributed by atoms with Crippen LogP contribution in [0, 0.1) is 0 Å². The van der Waals surface area contributed by atoms with Crippen LogP contribution in [-0.2, 0) is 5.75 Å². The molecule has 0 saturated carbocycles. The van der Waals surface area contributed by atoms with Crippen molar-refractivity contribution >= 4 is 22.8 Å². The second-order valence-corrected chi connectivity index (χ2v) is 6.95. The van der Waals surface area contributed by atoms with Gasteiger partial charge in [0, 0.05) is 11.4 Å². The minimum atomic E-state index is 0.832. The van der Waals surface area contributed by atoms with Crippen molar-refractivity contribution in [3.8, 4) is 22.8 Å². The lowest BCUT2D eigenvalue weighted by atomic mass is 10.1. The van der Waals surface area contributed by atoms with Gasteiger partial charge in [0.25, 0.3) is 0 Å². The molecule has 136 valence electrons. The first-order valence-electron chi connectivity index (χ1n) is 8.50. The van der Waals surface area contributed by atoms with Gasteiger partial charge in [-0.05, 0) is 53.6 Å². The molecule has 0 aliphatic heterocycles. The van der Waals surface area contributed by atoms with E-state index in [0.717, 1.165) is 44.6 Å². The van der Waals surface area contributed by atoms with Crippen LogP contribution in [0.15, 0.2) is 66.0 Å². The van der Waals surface area contributed by atoms with Gasteiger partial charge in [-0.1, -0.05) is 12.1 Å². The number of aromatic nitrogens is 3. The largest absolute Gasteiger partial charge is 0.497 e. The monoisotopic (exact) mass is 377 g/mol. The number of nitrogens with one attached hydrogen (secondary N) is 1. The van der Waals surface area contributed by atoms with Crippen LogP contribution in [0.25, 0.3) is 22.3 Å². The van der Waals surface area contributed by atoms with Crippen LogP contribution < -0.4 is 9.47 Å². The number of hydrogen-bond donors (Lipinski definition) is 1. The standard InChI is InChI=1S/C21H19N3O2S/c1-25-16-7-3-14(4-8-16)12-27-21-18-11-19(24-20(18)22-13-23-21)15-5-9-17(26-2)10-6-15/h3-11,13H,12H2,1-2H3,(H,22,23,24). The molecule has 2 aromatic carbocycles. The lowest BCUT2D eigenvalue weighted by Crippen LogP contribution is -1.87. The number of ether oxygens (including phenoxy) is 2. The number of benzene rings is 2. The van der Waals surface area contributed by atoms with Gasteiger partial charge in [0.05, 0.1) is 19.6 Å². The summed E-state index contributed by atoms with van der Waals surface area (Å²) in [6.07, 6.45) is 1.60. The van der Waals surface area contributed by atoms with Crippen LogP contribution in [0.5, 0.6) is 11.5 Å². The predicted molar refractivity (Wildman–Crippen MR) is 108 cm³/mol. The zero-order valence-corrected chi connectivity index (χ0v) is 15.9. The van der Waals surface area contributed by atoms with Gasteiger partial charge in [0.1, 0.15) is 28.5 Å². The van der Waals surface area contributed by atoms with Crippen molar-refractivity contribution in [2.24, 2.45) is 0 Å². The van der Waals surface area contributed by atoms with Crippen molar-refractivity contribution in [3.05, 3.63) is 66.5 Å². The molecule has 1 N–H and O–H groups in total. The van der Waals surface area contributed by atoms with Crippen LogP contribution >= 0.6 is 11.8 Å². The molecule has 0 aliphatic carbocycles. The van der Waals surface area contributed by atoms with Gasteiger partial charge in [-0.2, -0.15) is 0 Å². The Morgan fingerprint density at radius 1 is 0.889 bits per heavy atom. The fourth-order valence-electron chi connectivity index (χ4n) is 2.83. The summed E-state index contributed by atoms with van der Waals surface area (Å²) < 4.78 is 10.4. The van der Waals surface area contributed by atoms with Crippen LogP contribution in [0.3, 0.4) is 0 Å². The van der Waals surface area contributed by atoms with E-state index < -0.39 is 0 Å². The summed E-state index contributed by atoms with van der Waals surface area (Å²) >= 11 is 1.70. The molecular weight excluding hydrogens is 358 g/mol. The van der Waals surface area contributed by atoms with E-state index >= 15 is 0 Å². The van der Waals surface area contributed by atoms with Crippen LogP contribution in [0.1, 0.15) is 5.56 Å². The van der Waals surface area contributed by atoms with E-state index in [1.807, 2.05) is 36.4 Å². The van der Waals surface area contributed by atoms with E-state index in [1.165, 1.54) is 5.56 Å². The quantitative estimate of drug-likeness (QED) is 0.381. The van der Waals surface area contributed by atoms with Gasteiger partial charge >= 0.3 is 0 Å².